The molecule has 19 heavy (non-hydrogen) atoms. The molecule has 0 aliphatic heterocycles. The van der Waals surface area contributed by atoms with E-state index in [2.05, 4.69) is 23.3 Å². The number of fused-ring (bicyclic) bond motifs is 1. The van der Waals surface area contributed by atoms with Crippen molar-refractivity contribution in [1.29, 1.82) is 0 Å². The monoisotopic (exact) mass is 273 g/mol. The lowest BCUT2D eigenvalue weighted by Crippen LogP contribution is -2.22. The summed E-state index contributed by atoms with van der Waals surface area (Å²) in [6.45, 7) is 3.07. The molecule has 0 radical (unpaired) electrons. The summed E-state index contributed by atoms with van der Waals surface area (Å²) in [6, 6.07) is 4.31. The van der Waals surface area contributed by atoms with E-state index in [-0.39, 0.29) is 6.04 Å². The van der Waals surface area contributed by atoms with Gasteiger partial charge in [-0.15, -0.1) is 11.3 Å². The number of hydrogen-bond acceptors (Lipinski definition) is 4. The maximum Gasteiger partial charge on any atom is 0.115 e. The highest BCUT2D eigenvalue weighted by Gasteiger charge is 2.21. The molecular weight excluding hydrogens is 254 g/mol. The second kappa shape index (κ2) is 5.80. The third kappa shape index (κ3) is 2.69. The van der Waals surface area contributed by atoms with E-state index >= 15 is 0 Å². The average molecular weight is 273 g/mol. The summed E-state index contributed by atoms with van der Waals surface area (Å²) in [5.74, 6) is 0. The fourth-order valence-electron chi connectivity index (χ4n) is 2.59. The average Bonchev–Trinajstić information content (AvgIpc) is 2.89. The van der Waals surface area contributed by atoms with Crippen LogP contribution >= 0.6 is 11.3 Å². The van der Waals surface area contributed by atoms with Crippen LogP contribution in [0.1, 0.15) is 46.9 Å². The van der Waals surface area contributed by atoms with Gasteiger partial charge in [0.2, 0.25) is 0 Å². The van der Waals surface area contributed by atoms with E-state index in [0.717, 1.165) is 13.0 Å². The third-order valence-electron chi connectivity index (χ3n) is 3.54. The lowest BCUT2D eigenvalue weighted by Gasteiger charge is -2.15. The number of rotatable bonds is 4. The summed E-state index contributed by atoms with van der Waals surface area (Å²) in [5, 5.41) is 4.73. The van der Waals surface area contributed by atoms with Crippen molar-refractivity contribution in [3.63, 3.8) is 0 Å². The van der Waals surface area contributed by atoms with Crippen LogP contribution in [0.25, 0.3) is 0 Å². The molecule has 2 aromatic rings. The summed E-state index contributed by atoms with van der Waals surface area (Å²) in [6.07, 6.45) is 8.71. The lowest BCUT2D eigenvalue weighted by atomic mass is 10.0. The maximum absolute atomic E-state index is 4.87. The van der Waals surface area contributed by atoms with Crippen LogP contribution in [0.3, 0.4) is 0 Å². The summed E-state index contributed by atoms with van der Waals surface area (Å²) >= 11 is 1.88. The Kier molecular flexibility index (Phi) is 3.89. The zero-order valence-electron chi connectivity index (χ0n) is 11.2. The largest absolute Gasteiger partial charge is 0.304 e. The van der Waals surface area contributed by atoms with Crippen molar-refractivity contribution in [3.05, 3.63) is 45.7 Å². The molecule has 2 heterocycles. The predicted octanol–water partition coefficient (Wildman–Crippen LogP) is 3.12. The highest BCUT2D eigenvalue weighted by molar-refractivity contribution is 7.11. The Labute approximate surface area is 118 Å². The van der Waals surface area contributed by atoms with Crippen LogP contribution in [0.15, 0.2) is 24.5 Å². The van der Waals surface area contributed by atoms with Crippen LogP contribution in [0.4, 0.5) is 0 Å². The predicted molar refractivity (Wildman–Crippen MR) is 78.5 cm³/mol. The first-order valence-corrected chi connectivity index (χ1v) is 7.82. The second-order valence-electron chi connectivity index (χ2n) is 4.91. The molecule has 0 saturated heterocycles. The SMILES string of the molecule is CCNC(c1cccnc1)c1nc2c(s1)CCCC2. The van der Waals surface area contributed by atoms with Crippen LogP contribution in [0.5, 0.6) is 0 Å². The first-order chi connectivity index (χ1) is 9.38. The van der Waals surface area contributed by atoms with Crippen molar-refractivity contribution in [1.82, 2.24) is 15.3 Å². The Morgan fingerprint density at radius 3 is 3.00 bits per heavy atom. The number of nitrogens with zero attached hydrogens (tertiary/aromatic N) is 2. The summed E-state index contributed by atoms with van der Waals surface area (Å²) in [7, 11) is 0. The van der Waals surface area contributed by atoms with Crippen molar-refractivity contribution >= 4 is 11.3 Å². The normalized spacial score (nSPS) is 16.1. The van der Waals surface area contributed by atoms with E-state index in [4.69, 9.17) is 4.98 Å². The Hall–Kier alpha value is -1.26. The van der Waals surface area contributed by atoms with Crippen LogP contribution in [-0.4, -0.2) is 16.5 Å². The van der Waals surface area contributed by atoms with Crippen molar-refractivity contribution < 1.29 is 0 Å². The highest BCUT2D eigenvalue weighted by atomic mass is 32.1. The minimum Gasteiger partial charge on any atom is -0.304 e. The smallest absolute Gasteiger partial charge is 0.115 e. The van der Waals surface area contributed by atoms with E-state index in [0.29, 0.717) is 0 Å². The van der Waals surface area contributed by atoms with Gasteiger partial charge in [-0.1, -0.05) is 13.0 Å². The molecule has 1 atom stereocenters. The molecule has 0 spiro atoms. The minimum absolute atomic E-state index is 0.189. The Balaban J connectivity index is 1.94. The molecule has 3 rings (SSSR count). The van der Waals surface area contributed by atoms with Gasteiger partial charge < -0.3 is 5.32 Å². The van der Waals surface area contributed by atoms with Crippen molar-refractivity contribution in [2.75, 3.05) is 6.54 Å². The van der Waals surface area contributed by atoms with Gasteiger partial charge in [0.25, 0.3) is 0 Å². The summed E-state index contributed by atoms with van der Waals surface area (Å²) in [4.78, 5) is 10.6. The second-order valence-corrected chi connectivity index (χ2v) is 6.02. The molecule has 1 aliphatic rings. The number of thiazole rings is 1. The molecule has 0 fully saturated rings. The van der Waals surface area contributed by atoms with Crippen LogP contribution in [0.2, 0.25) is 0 Å². The zero-order chi connectivity index (χ0) is 13.1. The van der Waals surface area contributed by atoms with Gasteiger partial charge in [0, 0.05) is 17.3 Å². The van der Waals surface area contributed by atoms with E-state index in [1.807, 2.05) is 29.8 Å². The van der Waals surface area contributed by atoms with Crippen molar-refractivity contribution in [3.8, 4) is 0 Å². The number of nitrogens with one attached hydrogen (secondary N) is 1. The molecule has 4 heteroatoms. The maximum atomic E-state index is 4.87. The Morgan fingerprint density at radius 2 is 2.26 bits per heavy atom. The van der Waals surface area contributed by atoms with Gasteiger partial charge in [-0.05, 0) is 43.9 Å². The third-order valence-corrected chi connectivity index (χ3v) is 4.76. The fraction of sp³-hybridized carbons (Fsp3) is 0.467. The molecule has 2 aromatic heterocycles. The molecule has 0 amide bonds. The Morgan fingerprint density at radius 1 is 1.37 bits per heavy atom. The molecule has 1 N–H and O–H groups in total. The van der Waals surface area contributed by atoms with Gasteiger partial charge in [0.15, 0.2) is 0 Å². The molecule has 1 aliphatic carbocycles. The van der Waals surface area contributed by atoms with Gasteiger partial charge in [-0.2, -0.15) is 0 Å². The van der Waals surface area contributed by atoms with Gasteiger partial charge in [0.1, 0.15) is 5.01 Å². The van der Waals surface area contributed by atoms with E-state index in [1.54, 1.807) is 0 Å². The quantitative estimate of drug-likeness (QED) is 0.930. The van der Waals surface area contributed by atoms with Crippen molar-refractivity contribution in [2.24, 2.45) is 0 Å². The molecule has 1 unspecified atom stereocenters. The molecule has 0 saturated carbocycles. The van der Waals surface area contributed by atoms with Gasteiger partial charge in [-0.3, -0.25) is 4.98 Å². The zero-order valence-corrected chi connectivity index (χ0v) is 12.0. The standard InChI is InChI=1S/C15H19N3S/c1-2-17-14(11-6-5-9-16-10-11)15-18-12-7-3-4-8-13(12)19-15/h5-6,9-10,14,17H,2-4,7-8H2,1H3. The number of hydrogen-bond donors (Lipinski definition) is 1. The van der Waals surface area contributed by atoms with Crippen LogP contribution in [0, 0.1) is 0 Å². The van der Waals surface area contributed by atoms with E-state index in [9.17, 15) is 0 Å². The molecule has 0 aromatic carbocycles. The summed E-state index contributed by atoms with van der Waals surface area (Å²) < 4.78 is 0. The van der Waals surface area contributed by atoms with E-state index < -0.39 is 0 Å². The first kappa shape index (κ1) is 12.8. The van der Waals surface area contributed by atoms with E-state index in [1.165, 1.54) is 40.4 Å². The fourth-order valence-corrected chi connectivity index (χ4v) is 3.85. The molecular formula is C15H19N3S. The van der Waals surface area contributed by atoms with Crippen molar-refractivity contribution in [2.45, 2.75) is 38.6 Å². The molecule has 3 nitrogen and oxygen atoms in total. The van der Waals surface area contributed by atoms with Gasteiger partial charge in [0.05, 0.1) is 11.7 Å². The first-order valence-electron chi connectivity index (χ1n) is 7.00. The van der Waals surface area contributed by atoms with Gasteiger partial charge >= 0.3 is 0 Å². The minimum atomic E-state index is 0.189. The number of aryl methyl sites for hydroxylation is 2. The molecule has 0 bridgehead atoms. The number of pyridine rings is 1. The van der Waals surface area contributed by atoms with Crippen LogP contribution in [-0.2, 0) is 12.8 Å². The Bertz CT molecular complexity index is 512. The molecule has 100 valence electrons. The van der Waals surface area contributed by atoms with Gasteiger partial charge in [-0.25, -0.2) is 4.98 Å². The lowest BCUT2D eigenvalue weighted by molar-refractivity contribution is 0.619. The number of aromatic nitrogens is 2. The highest BCUT2D eigenvalue weighted by Crippen LogP contribution is 2.32. The van der Waals surface area contributed by atoms with Crippen LogP contribution < -0.4 is 5.32 Å². The summed E-state index contributed by atoms with van der Waals surface area (Å²) in [5.41, 5.74) is 2.54. The topological polar surface area (TPSA) is 37.8 Å².